The van der Waals surface area contributed by atoms with E-state index in [1.54, 1.807) is 12.1 Å². The van der Waals surface area contributed by atoms with Crippen molar-refractivity contribution in [3.63, 3.8) is 0 Å². The summed E-state index contributed by atoms with van der Waals surface area (Å²) >= 11 is 0.453. The van der Waals surface area contributed by atoms with Crippen LogP contribution in [0.25, 0.3) is 0 Å². The molecule has 0 atom stereocenters. The van der Waals surface area contributed by atoms with E-state index >= 15 is 0 Å². The van der Waals surface area contributed by atoms with Gasteiger partial charge < -0.3 is 15.1 Å². The minimum absolute atomic E-state index is 0.248. The Morgan fingerprint density at radius 1 is 1.14 bits per heavy atom. The second-order valence-electron chi connectivity index (χ2n) is 5.72. The monoisotopic (exact) mass is 407 g/mol. The molecule has 0 aliphatic carbocycles. The zero-order valence-electron chi connectivity index (χ0n) is 15.8. The largest absolute Gasteiger partial charge is 0.386 e. The van der Waals surface area contributed by atoms with Gasteiger partial charge in [-0.1, -0.05) is 29.1 Å². The fourth-order valence-corrected chi connectivity index (χ4v) is 2.97. The van der Waals surface area contributed by atoms with Gasteiger partial charge in [-0.15, -0.1) is 0 Å². The van der Waals surface area contributed by atoms with Gasteiger partial charge in [0.1, 0.15) is 0 Å². The SMILES string of the molecule is CCN(CC)c1ccc(/C=N/OCC(=O)Nc2ccc(SC(F)F)cc2)cc1. The summed E-state index contributed by atoms with van der Waals surface area (Å²) in [5.74, 6) is -2.86. The number of amides is 1. The number of alkyl halides is 2. The van der Waals surface area contributed by atoms with E-state index in [0.29, 0.717) is 22.3 Å². The number of carbonyl (C=O) groups is 1. The van der Waals surface area contributed by atoms with E-state index in [4.69, 9.17) is 4.84 Å². The average Bonchev–Trinajstić information content (AvgIpc) is 2.68. The molecule has 0 spiro atoms. The minimum Gasteiger partial charge on any atom is -0.386 e. The Balaban J connectivity index is 1.77. The molecule has 1 amide bonds. The predicted octanol–water partition coefficient (Wildman–Crippen LogP) is 4.84. The van der Waals surface area contributed by atoms with Gasteiger partial charge in [0.2, 0.25) is 0 Å². The highest BCUT2D eigenvalue weighted by Gasteiger charge is 2.06. The summed E-state index contributed by atoms with van der Waals surface area (Å²) in [7, 11) is 0. The van der Waals surface area contributed by atoms with Gasteiger partial charge in [-0.3, -0.25) is 4.79 Å². The molecule has 28 heavy (non-hydrogen) atoms. The number of nitrogens with one attached hydrogen (secondary N) is 1. The minimum atomic E-state index is -2.47. The summed E-state index contributed by atoms with van der Waals surface area (Å²) < 4.78 is 24.6. The van der Waals surface area contributed by atoms with Crippen LogP contribution in [-0.2, 0) is 9.63 Å². The molecule has 5 nitrogen and oxygen atoms in total. The molecule has 0 saturated carbocycles. The lowest BCUT2D eigenvalue weighted by molar-refractivity contribution is -0.120. The number of halogens is 2. The summed E-state index contributed by atoms with van der Waals surface area (Å²) in [5, 5.41) is 6.41. The molecule has 0 unspecified atom stereocenters. The summed E-state index contributed by atoms with van der Waals surface area (Å²) in [5.41, 5.74) is 2.51. The van der Waals surface area contributed by atoms with Gasteiger partial charge in [0.25, 0.3) is 11.7 Å². The van der Waals surface area contributed by atoms with Crippen molar-refractivity contribution in [2.45, 2.75) is 24.5 Å². The number of oxime groups is 1. The summed E-state index contributed by atoms with van der Waals surface area (Å²) in [6.07, 6.45) is 1.54. The van der Waals surface area contributed by atoms with Crippen LogP contribution in [0.5, 0.6) is 0 Å². The highest BCUT2D eigenvalue weighted by Crippen LogP contribution is 2.26. The van der Waals surface area contributed by atoms with E-state index in [0.717, 1.165) is 24.3 Å². The normalized spacial score (nSPS) is 11.0. The summed E-state index contributed by atoms with van der Waals surface area (Å²) in [6, 6.07) is 14.0. The highest BCUT2D eigenvalue weighted by atomic mass is 32.2. The molecule has 0 aromatic heterocycles. The van der Waals surface area contributed by atoms with Crippen LogP contribution in [0, 0.1) is 0 Å². The van der Waals surface area contributed by atoms with Crippen molar-refractivity contribution in [1.82, 2.24) is 0 Å². The molecular formula is C20H23F2N3O2S. The molecule has 8 heteroatoms. The average molecular weight is 407 g/mol. The zero-order valence-corrected chi connectivity index (χ0v) is 16.6. The first kappa shape index (κ1) is 21.7. The van der Waals surface area contributed by atoms with Gasteiger partial charge in [0.15, 0.2) is 6.61 Å². The van der Waals surface area contributed by atoms with E-state index in [-0.39, 0.29) is 12.5 Å². The quantitative estimate of drug-likeness (QED) is 0.348. The standard InChI is InChI=1S/C20H23F2N3O2S/c1-3-25(4-2)17-9-5-15(6-10-17)13-23-27-14-19(26)24-16-7-11-18(12-8-16)28-20(21)22/h5-13,20H,3-4,14H2,1-2H3,(H,24,26)/b23-13+. The Hall–Kier alpha value is -2.61. The van der Waals surface area contributed by atoms with Gasteiger partial charge in [0, 0.05) is 29.4 Å². The molecule has 0 radical (unpaired) electrons. The molecular weight excluding hydrogens is 384 g/mol. The van der Waals surface area contributed by atoms with Crippen LogP contribution in [0.1, 0.15) is 19.4 Å². The first-order valence-corrected chi connectivity index (χ1v) is 9.74. The molecule has 0 heterocycles. The van der Waals surface area contributed by atoms with Crippen LogP contribution >= 0.6 is 11.8 Å². The van der Waals surface area contributed by atoms with Crippen LogP contribution < -0.4 is 10.2 Å². The van der Waals surface area contributed by atoms with E-state index in [1.165, 1.54) is 18.3 Å². The fourth-order valence-electron chi connectivity index (χ4n) is 2.47. The maximum Gasteiger partial charge on any atom is 0.288 e. The van der Waals surface area contributed by atoms with Gasteiger partial charge in [0.05, 0.1) is 6.21 Å². The zero-order chi connectivity index (χ0) is 20.4. The lowest BCUT2D eigenvalue weighted by Crippen LogP contribution is -2.21. The van der Waals surface area contributed by atoms with Crippen molar-refractivity contribution < 1.29 is 18.4 Å². The molecule has 2 aromatic rings. The van der Waals surface area contributed by atoms with Crippen LogP contribution in [-0.4, -0.2) is 37.6 Å². The molecule has 2 aromatic carbocycles. The maximum atomic E-state index is 12.3. The third-order valence-corrected chi connectivity index (χ3v) is 4.58. The molecule has 2 rings (SSSR count). The van der Waals surface area contributed by atoms with E-state index in [9.17, 15) is 13.6 Å². The van der Waals surface area contributed by atoms with Crippen molar-refractivity contribution in [1.29, 1.82) is 0 Å². The maximum absolute atomic E-state index is 12.3. The van der Waals surface area contributed by atoms with Crippen molar-refractivity contribution >= 4 is 35.3 Å². The van der Waals surface area contributed by atoms with Gasteiger partial charge >= 0.3 is 0 Å². The third-order valence-electron chi connectivity index (χ3n) is 3.86. The van der Waals surface area contributed by atoms with E-state index in [2.05, 4.69) is 29.2 Å². The smallest absolute Gasteiger partial charge is 0.288 e. The van der Waals surface area contributed by atoms with Crippen LogP contribution in [0.4, 0.5) is 20.2 Å². The molecule has 150 valence electrons. The van der Waals surface area contributed by atoms with E-state index in [1.807, 2.05) is 24.3 Å². The van der Waals surface area contributed by atoms with Gasteiger partial charge in [-0.2, -0.15) is 8.78 Å². The number of benzene rings is 2. The number of nitrogens with zero attached hydrogens (tertiary/aromatic N) is 2. The Labute approximate surface area is 167 Å². The van der Waals surface area contributed by atoms with Crippen molar-refractivity contribution in [2.24, 2.45) is 5.16 Å². The number of thioether (sulfide) groups is 1. The number of hydrogen-bond acceptors (Lipinski definition) is 5. The predicted molar refractivity (Wildman–Crippen MR) is 110 cm³/mol. The summed E-state index contributed by atoms with van der Waals surface area (Å²) in [6.45, 7) is 5.84. The molecule has 0 fully saturated rings. The van der Waals surface area contributed by atoms with Crippen LogP contribution in [0.2, 0.25) is 0 Å². The summed E-state index contributed by atoms with van der Waals surface area (Å²) in [4.78, 5) is 19.5. The first-order valence-electron chi connectivity index (χ1n) is 8.87. The number of rotatable bonds is 10. The highest BCUT2D eigenvalue weighted by molar-refractivity contribution is 7.99. The van der Waals surface area contributed by atoms with Crippen molar-refractivity contribution in [2.75, 3.05) is 29.9 Å². The van der Waals surface area contributed by atoms with Gasteiger partial charge in [-0.05, 0) is 55.8 Å². The van der Waals surface area contributed by atoms with Crippen LogP contribution in [0.3, 0.4) is 0 Å². The Bertz CT molecular complexity index is 764. The Morgan fingerprint density at radius 3 is 2.36 bits per heavy atom. The number of hydrogen-bond donors (Lipinski definition) is 1. The second kappa shape index (κ2) is 11.3. The molecule has 1 N–H and O–H groups in total. The number of anilines is 2. The molecule has 0 bridgehead atoms. The van der Waals surface area contributed by atoms with Crippen LogP contribution in [0.15, 0.2) is 58.6 Å². The van der Waals surface area contributed by atoms with Crippen molar-refractivity contribution in [3.8, 4) is 0 Å². The fraction of sp³-hybridized carbons (Fsp3) is 0.300. The van der Waals surface area contributed by atoms with Crippen molar-refractivity contribution in [3.05, 3.63) is 54.1 Å². The topological polar surface area (TPSA) is 53.9 Å². The Kier molecular flexibility index (Phi) is 8.74. The lowest BCUT2D eigenvalue weighted by Gasteiger charge is -2.20. The van der Waals surface area contributed by atoms with E-state index < -0.39 is 5.76 Å². The number of carbonyl (C=O) groups excluding carboxylic acids is 1. The molecule has 0 saturated heterocycles. The Morgan fingerprint density at radius 2 is 1.79 bits per heavy atom. The molecule has 0 aliphatic rings. The van der Waals surface area contributed by atoms with Gasteiger partial charge in [-0.25, -0.2) is 0 Å². The molecule has 0 aliphatic heterocycles. The lowest BCUT2D eigenvalue weighted by atomic mass is 10.2. The third kappa shape index (κ3) is 7.19. The first-order chi connectivity index (χ1) is 13.5. The second-order valence-corrected chi connectivity index (χ2v) is 6.79.